The van der Waals surface area contributed by atoms with E-state index in [4.69, 9.17) is 61.6 Å². The summed E-state index contributed by atoms with van der Waals surface area (Å²) in [6, 6.07) is 0. The summed E-state index contributed by atoms with van der Waals surface area (Å²) in [5.41, 5.74) is 0. The molecule has 0 bridgehead atoms. The van der Waals surface area contributed by atoms with Crippen molar-refractivity contribution in [2.75, 3.05) is 7.11 Å². The van der Waals surface area contributed by atoms with Crippen molar-refractivity contribution in [2.45, 2.75) is 376 Å². The summed E-state index contributed by atoms with van der Waals surface area (Å²) in [5.74, 6) is -2.09. The fourth-order valence-electron chi connectivity index (χ4n) is 12.1. The number of ether oxygens (including phenoxy) is 13. The Labute approximate surface area is 527 Å². The maximum absolute atomic E-state index is 14.2. The number of unbranched alkanes of at least 4 members (excludes halogenated alkanes) is 16. The quantitative estimate of drug-likeness (QED) is 0.0224. The first-order valence-corrected chi connectivity index (χ1v) is 33.6. The molecule has 5 aliphatic heterocycles. The molecule has 9 N–H and O–H groups in total. The molecule has 5 saturated heterocycles. The number of carbonyl (C=O) groups is 3. The van der Waals surface area contributed by atoms with Crippen molar-refractivity contribution >= 4 is 17.9 Å². The molecule has 5 fully saturated rings. The maximum atomic E-state index is 14.2. The molecule has 0 radical (unpaired) electrons. The molecule has 0 saturated carbocycles. The summed E-state index contributed by atoms with van der Waals surface area (Å²) in [6.07, 6.45) is -18.4. The van der Waals surface area contributed by atoms with Crippen LogP contribution >= 0.6 is 0 Å². The number of aliphatic hydroxyl groups excluding tert-OH is 9. The largest absolute Gasteiger partial charge is 0.469 e. The van der Waals surface area contributed by atoms with Crippen LogP contribution in [0.3, 0.4) is 0 Å². The monoisotopic (exact) mass is 1280 g/mol. The first kappa shape index (κ1) is 77.4. The van der Waals surface area contributed by atoms with Crippen LogP contribution in [0.15, 0.2) is 0 Å². The van der Waals surface area contributed by atoms with Gasteiger partial charge in [0.05, 0.1) is 49.7 Å². The number of rotatable bonds is 38. The Morgan fingerprint density at radius 3 is 1.30 bits per heavy atom. The molecule has 25 heteroatoms. The van der Waals surface area contributed by atoms with Gasteiger partial charge in [-0.1, -0.05) is 137 Å². The lowest BCUT2D eigenvalue weighted by Crippen LogP contribution is -2.68. The fraction of sp³-hybridized carbons (Fsp3) is 0.953. The highest BCUT2D eigenvalue weighted by Gasteiger charge is 2.58. The smallest absolute Gasteiger partial charge is 0.309 e. The highest BCUT2D eigenvalue weighted by atomic mass is 16.8. The van der Waals surface area contributed by atoms with Crippen molar-refractivity contribution in [3.8, 4) is 0 Å². The molecule has 520 valence electrons. The van der Waals surface area contributed by atoms with Crippen LogP contribution in [0.4, 0.5) is 0 Å². The molecular formula is C64H114O25. The highest BCUT2D eigenvalue weighted by Crippen LogP contribution is 2.39. The van der Waals surface area contributed by atoms with Gasteiger partial charge in [0.2, 0.25) is 0 Å². The van der Waals surface area contributed by atoms with Crippen molar-refractivity contribution in [2.24, 2.45) is 5.92 Å². The van der Waals surface area contributed by atoms with Gasteiger partial charge in [-0.25, -0.2) is 0 Å². The van der Waals surface area contributed by atoms with Crippen molar-refractivity contribution in [3.05, 3.63) is 0 Å². The third kappa shape index (κ3) is 22.9. The Kier molecular flexibility index (Phi) is 34.3. The zero-order valence-corrected chi connectivity index (χ0v) is 54.6. The standard InChI is InChI=1S/C64H114O25/c1-11-14-16-17-18-19-22-26-30-34-43(66)84-58-57(89-60-50(73)46(69)44(67)36(5)78-60)55(87-61-51(74)48(71)53(38(7)80-61)85-59(76)35(4)13-3)40(9)82-64(58)86-54-39(8)81-62(52(75)49(54)72)88-56-47(70)45(68)37(6)79-63(56)83-41(31-27-15-12-2)32-28-24-21-20-23-25-29-33-42(65)77-10/h35-41,44-58,60-64,67-75H,11-34H2,1-10H3. The topological polar surface area (TPSA) is 353 Å². The molecule has 0 spiro atoms. The zero-order valence-electron chi connectivity index (χ0n) is 54.6. The van der Waals surface area contributed by atoms with Gasteiger partial charge in [-0.15, -0.1) is 0 Å². The van der Waals surface area contributed by atoms with Gasteiger partial charge in [0.25, 0.3) is 0 Å². The summed E-state index contributed by atoms with van der Waals surface area (Å²) < 4.78 is 79.9. The lowest BCUT2D eigenvalue weighted by atomic mass is 9.95. The van der Waals surface area contributed by atoms with Crippen LogP contribution in [0.1, 0.15) is 216 Å². The van der Waals surface area contributed by atoms with Gasteiger partial charge in [-0.05, 0) is 66.7 Å². The van der Waals surface area contributed by atoms with Gasteiger partial charge in [0.15, 0.2) is 43.7 Å². The molecule has 27 unspecified atom stereocenters. The number of methoxy groups -OCH3 is 1. The lowest BCUT2D eigenvalue weighted by molar-refractivity contribution is -0.399. The van der Waals surface area contributed by atoms with E-state index in [0.717, 1.165) is 103 Å². The molecule has 0 aliphatic carbocycles. The van der Waals surface area contributed by atoms with Crippen LogP contribution in [-0.4, -0.2) is 231 Å². The van der Waals surface area contributed by atoms with E-state index in [-0.39, 0.29) is 18.5 Å². The summed E-state index contributed by atoms with van der Waals surface area (Å²) >= 11 is 0. The van der Waals surface area contributed by atoms with Gasteiger partial charge in [0.1, 0.15) is 79.4 Å². The zero-order chi connectivity index (χ0) is 65.5. The molecule has 0 aromatic carbocycles. The van der Waals surface area contributed by atoms with E-state index >= 15 is 0 Å². The Hall–Kier alpha value is -2.35. The number of hydrogen-bond acceptors (Lipinski definition) is 25. The third-order valence-corrected chi connectivity index (χ3v) is 18.1. The summed E-state index contributed by atoms with van der Waals surface area (Å²) in [6.45, 7) is 15.3. The Morgan fingerprint density at radius 2 is 0.753 bits per heavy atom. The average molecular weight is 1280 g/mol. The van der Waals surface area contributed by atoms with Crippen molar-refractivity contribution in [1.29, 1.82) is 0 Å². The van der Waals surface area contributed by atoms with Crippen LogP contribution in [0.25, 0.3) is 0 Å². The number of hydrogen-bond donors (Lipinski definition) is 9. The van der Waals surface area contributed by atoms with E-state index in [1.54, 1.807) is 20.8 Å². The predicted octanol–water partition coefficient (Wildman–Crippen LogP) is 4.94. The van der Waals surface area contributed by atoms with Gasteiger partial charge >= 0.3 is 17.9 Å². The number of carbonyl (C=O) groups excluding carboxylic acids is 3. The maximum Gasteiger partial charge on any atom is 0.309 e. The van der Waals surface area contributed by atoms with E-state index in [1.165, 1.54) is 41.2 Å². The fourth-order valence-corrected chi connectivity index (χ4v) is 12.1. The van der Waals surface area contributed by atoms with E-state index < -0.39 is 171 Å². The van der Waals surface area contributed by atoms with E-state index in [0.29, 0.717) is 38.5 Å². The average Bonchev–Trinajstić information content (AvgIpc) is 1.02. The van der Waals surface area contributed by atoms with E-state index in [1.807, 2.05) is 0 Å². The second-order valence-electron chi connectivity index (χ2n) is 25.5. The lowest BCUT2D eigenvalue weighted by Gasteiger charge is -2.51. The molecule has 5 heterocycles. The first-order valence-electron chi connectivity index (χ1n) is 33.6. The van der Waals surface area contributed by atoms with E-state index in [9.17, 15) is 60.3 Å². The molecule has 0 amide bonds. The van der Waals surface area contributed by atoms with Gasteiger partial charge in [-0.2, -0.15) is 0 Å². The SMILES string of the molecule is CCCCCCCCCCCC(=O)OC1C(OC2C(C)OC(OC3C(OC(CCCCC)CCCCCCCCCC(=O)OC)OC(C)C(O)C3O)C(O)C2O)OC(C)C(OC2OC(C)C(OC(=O)C(C)CC)C(O)C2O)C1OC1OC(C)C(O)C(O)C1O. The van der Waals surface area contributed by atoms with Crippen LogP contribution in [0, 0.1) is 5.92 Å². The number of aliphatic hydroxyl groups is 9. The Bertz CT molecular complexity index is 1990. The van der Waals surface area contributed by atoms with Gasteiger partial charge in [-0.3, -0.25) is 14.4 Å². The van der Waals surface area contributed by atoms with Crippen LogP contribution in [0.2, 0.25) is 0 Å². The van der Waals surface area contributed by atoms with Crippen LogP contribution < -0.4 is 0 Å². The molecule has 0 aromatic rings. The van der Waals surface area contributed by atoms with Gasteiger partial charge < -0.3 is 108 Å². The second kappa shape index (κ2) is 39.5. The Balaban J connectivity index is 1.39. The van der Waals surface area contributed by atoms with Crippen LogP contribution in [0.5, 0.6) is 0 Å². The molecule has 0 aromatic heterocycles. The third-order valence-electron chi connectivity index (χ3n) is 18.1. The second-order valence-corrected chi connectivity index (χ2v) is 25.5. The molecule has 5 rings (SSSR count). The first-order chi connectivity index (χ1) is 42.5. The summed E-state index contributed by atoms with van der Waals surface area (Å²) in [7, 11) is 1.39. The minimum absolute atomic E-state index is 0.0815. The van der Waals surface area contributed by atoms with Crippen molar-refractivity contribution in [3.63, 3.8) is 0 Å². The normalized spacial score (nSPS) is 38.4. The van der Waals surface area contributed by atoms with Crippen LogP contribution in [-0.2, 0) is 76.0 Å². The summed E-state index contributed by atoms with van der Waals surface area (Å²) in [4.78, 5) is 38.5. The summed E-state index contributed by atoms with van der Waals surface area (Å²) in [5, 5.41) is 103. The minimum atomic E-state index is -1.91. The Morgan fingerprint density at radius 1 is 0.371 bits per heavy atom. The predicted molar refractivity (Wildman–Crippen MR) is 319 cm³/mol. The molecule has 25 nitrogen and oxygen atoms in total. The molecule has 5 aliphatic rings. The molecule has 27 atom stereocenters. The van der Waals surface area contributed by atoms with Gasteiger partial charge in [0, 0.05) is 12.8 Å². The highest BCUT2D eigenvalue weighted by molar-refractivity contribution is 5.72. The van der Waals surface area contributed by atoms with E-state index in [2.05, 4.69) is 13.8 Å². The van der Waals surface area contributed by atoms with Crippen molar-refractivity contribution in [1.82, 2.24) is 0 Å². The molecule has 89 heavy (non-hydrogen) atoms. The minimum Gasteiger partial charge on any atom is -0.469 e. The number of esters is 3. The van der Waals surface area contributed by atoms with Crippen molar-refractivity contribution < 1.29 is 122 Å². The molecular weight excluding hydrogens is 1170 g/mol.